The molecule has 232 valence electrons. The van der Waals surface area contributed by atoms with Crippen molar-refractivity contribution in [1.29, 1.82) is 0 Å². The number of benzene rings is 1. The molecule has 0 atom stereocenters. The standard InChI is InChI=1S/C37H66O3/c1-4-5-6-7-8-9-10-11-12-13-14-15-16-17-18-19-20-21-22-23-24-25-26-27-28-29-30-31-34-32-35(39-2)33-36(40-3)37(34)38/h11-12,32-33,38H,4-10,13-31H2,1-3H3/b12-11-. The van der Waals surface area contributed by atoms with Gasteiger partial charge in [-0.05, 0) is 44.6 Å². The van der Waals surface area contributed by atoms with Crippen LogP contribution >= 0.6 is 0 Å². The van der Waals surface area contributed by atoms with Crippen molar-refractivity contribution < 1.29 is 14.6 Å². The molecular weight excluding hydrogens is 492 g/mol. The number of hydrogen-bond acceptors (Lipinski definition) is 3. The topological polar surface area (TPSA) is 38.7 Å². The van der Waals surface area contributed by atoms with Gasteiger partial charge in [-0.3, -0.25) is 0 Å². The first kappa shape index (κ1) is 36.4. The molecule has 0 unspecified atom stereocenters. The number of unbranched alkanes of at least 4 members (excludes halogenated alkanes) is 23. The summed E-state index contributed by atoms with van der Waals surface area (Å²) in [5.41, 5.74) is 0.924. The molecule has 1 N–H and O–H groups in total. The molecule has 0 heterocycles. The van der Waals surface area contributed by atoms with Crippen molar-refractivity contribution in [2.45, 2.75) is 174 Å². The third kappa shape index (κ3) is 20.3. The van der Waals surface area contributed by atoms with Crippen LogP contribution in [0.3, 0.4) is 0 Å². The molecule has 0 bridgehead atoms. The molecule has 0 saturated heterocycles. The number of rotatable bonds is 29. The predicted octanol–water partition coefficient (Wildman–Crippen LogP) is 12.3. The number of hydrogen-bond donors (Lipinski definition) is 1. The van der Waals surface area contributed by atoms with E-state index in [2.05, 4.69) is 19.1 Å². The normalized spacial score (nSPS) is 11.5. The quantitative estimate of drug-likeness (QED) is 0.0785. The summed E-state index contributed by atoms with van der Waals surface area (Å²) in [6.07, 6.45) is 40.2. The molecular formula is C37H66O3. The maximum Gasteiger partial charge on any atom is 0.164 e. The highest BCUT2D eigenvalue weighted by atomic mass is 16.5. The summed E-state index contributed by atoms with van der Waals surface area (Å²) < 4.78 is 10.6. The fourth-order valence-electron chi connectivity index (χ4n) is 5.61. The summed E-state index contributed by atoms with van der Waals surface area (Å²) in [5.74, 6) is 1.50. The monoisotopic (exact) mass is 559 g/mol. The van der Waals surface area contributed by atoms with Crippen molar-refractivity contribution in [1.82, 2.24) is 0 Å². The lowest BCUT2D eigenvalue weighted by Crippen LogP contribution is -1.94. The highest BCUT2D eigenvalue weighted by Gasteiger charge is 2.10. The second-order valence-corrected chi connectivity index (χ2v) is 11.9. The van der Waals surface area contributed by atoms with E-state index >= 15 is 0 Å². The molecule has 1 aromatic rings. The third-order valence-corrected chi connectivity index (χ3v) is 8.29. The van der Waals surface area contributed by atoms with E-state index in [0.29, 0.717) is 5.75 Å². The molecule has 0 amide bonds. The lowest BCUT2D eigenvalue weighted by Gasteiger charge is -2.11. The summed E-state index contributed by atoms with van der Waals surface area (Å²) in [7, 11) is 3.23. The summed E-state index contributed by atoms with van der Waals surface area (Å²) in [6, 6.07) is 3.66. The number of phenolic OH excluding ortho intramolecular Hbond substituents is 1. The molecule has 0 aliphatic heterocycles. The van der Waals surface area contributed by atoms with E-state index < -0.39 is 0 Å². The van der Waals surface area contributed by atoms with Gasteiger partial charge in [0.05, 0.1) is 14.2 Å². The summed E-state index contributed by atoms with van der Waals surface area (Å²) in [4.78, 5) is 0. The summed E-state index contributed by atoms with van der Waals surface area (Å²) in [6.45, 7) is 2.29. The van der Waals surface area contributed by atoms with Gasteiger partial charge in [-0.2, -0.15) is 0 Å². The number of phenols is 1. The molecule has 0 radical (unpaired) electrons. The van der Waals surface area contributed by atoms with Crippen molar-refractivity contribution in [2.75, 3.05) is 14.2 Å². The van der Waals surface area contributed by atoms with Crippen molar-refractivity contribution in [3.05, 3.63) is 29.8 Å². The first-order valence-corrected chi connectivity index (χ1v) is 17.3. The Morgan fingerprint density at radius 3 is 1.32 bits per heavy atom. The SMILES string of the molecule is CCCCCCCC/C=C\CCCCCCCCCCCCCCCCCCCc1cc(OC)cc(OC)c1O. The van der Waals surface area contributed by atoms with Crippen LogP contribution in [-0.2, 0) is 6.42 Å². The number of aromatic hydroxyl groups is 1. The molecule has 1 rings (SSSR count). The van der Waals surface area contributed by atoms with Crippen molar-refractivity contribution in [3.8, 4) is 17.2 Å². The Morgan fingerprint density at radius 1 is 0.525 bits per heavy atom. The number of aryl methyl sites for hydroxylation is 1. The van der Waals surface area contributed by atoms with Crippen LogP contribution in [0.25, 0.3) is 0 Å². The number of ether oxygens (including phenoxy) is 2. The Kier molecular flexibility index (Phi) is 25.0. The minimum Gasteiger partial charge on any atom is -0.504 e. The van der Waals surface area contributed by atoms with Gasteiger partial charge in [-0.25, -0.2) is 0 Å². The third-order valence-electron chi connectivity index (χ3n) is 8.29. The minimum absolute atomic E-state index is 0.260. The van der Waals surface area contributed by atoms with E-state index in [1.807, 2.05) is 6.07 Å². The zero-order valence-electron chi connectivity index (χ0n) is 27.0. The van der Waals surface area contributed by atoms with E-state index in [4.69, 9.17) is 9.47 Å². The van der Waals surface area contributed by atoms with Gasteiger partial charge < -0.3 is 14.6 Å². The molecule has 0 fully saturated rings. The van der Waals surface area contributed by atoms with Crippen LogP contribution in [0, 0.1) is 0 Å². The van der Waals surface area contributed by atoms with Crippen LogP contribution in [0.4, 0.5) is 0 Å². The van der Waals surface area contributed by atoms with Gasteiger partial charge in [0, 0.05) is 11.6 Å². The molecule has 1 aromatic carbocycles. The Labute approximate surface area is 249 Å². The van der Waals surface area contributed by atoms with Gasteiger partial charge in [0.25, 0.3) is 0 Å². The van der Waals surface area contributed by atoms with E-state index in [1.165, 1.54) is 154 Å². The Bertz CT molecular complexity index is 712. The minimum atomic E-state index is 0.260. The maximum absolute atomic E-state index is 10.3. The zero-order chi connectivity index (χ0) is 28.9. The van der Waals surface area contributed by atoms with E-state index in [0.717, 1.165) is 24.2 Å². The molecule has 0 aliphatic carbocycles. The Balaban J connectivity index is 1.79. The smallest absolute Gasteiger partial charge is 0.164 e. The van der Waals surface area contributed by atoms with Crippen molar-refractivity contribution >= 4 is 0 Å². The highest BCUT2D eigenvalue weighted by Crippen LogP contribution is 2.35. The van der Waals surface area contributed by atoms with Crippen LogP contribution < -0.4 is 9.47 Å². The molecule has 40 heavy (non-hydrogen) atoms. The van der Waals surface area contributed by atoms with Gasteiger partial charge in [-0.15, -0.1) is 0 Å². The van der Waals surface area contributed by atoms with Gasteiger partial charge in [0.1, 0.15) is 5.75 Å². The van der Waals surface area contributed by atoms with Crippen LogP contribution in [-0.4, -0.2) is 19.3 Å². The van der Waals surface area contributed by atoms with Gasteiger partial charge >= 0.3 is 0 Å². The van der Waals surface area contributed by atoms with Crippen LogP contribution in [0.1, 0.15) is 173 Å². The molecule has 3 nitrogen and oxygen atoms in total. The average molecular weight is 559 g/mol. The van der Waals surface area contributed by atoms with E-state index in [1.54, 1.807) is 20.3 Å². The van der Waals surface area contributed by atoms with E-state index in [9.17, 15) is 5.11 Å². The molecule has 0 spiro atoms. The van der Waals surface area contributed by atoms with Crippen LogP contribution in [0.15, 0.2) is 24.3 Å². The number of methoxy groups -OCH3 is 2. The lowest BCUT2D eigenvalue weighted by molar-refractivity contribution is 0.360. The first-order chi connectivity index (χ1) is 19.7. The molecule has 3 heteroatoms. The molecule has 0 saturated carbocycles. The van der Waals surface area contributed by atoms with E-state index in [-0.39, 0.29) is 5.75 Å². The van der Waals surface area contributed by atoms with Crippen molar-refractivity contribution in [3.63, 3.8) is 0 Å². The summed E-state index contributed by atoms with van der Waals surface area (Å²) in [5, 5.41) is 10.3. The number of allylic oxidation sites excluding steroid dienone is 2. The zero-order valence-corrected chi connectivity index (χ0v) is 27.0. The average Bonchev–Trinajstić information content (AvgIpc) is 2.97. The molecule has 0 aliphatic rings. The van der Waals surface area contributed by atoms with Crippen molar-refractivity contribution in [2.24, 2.45) is 0 Å². The second kappa shape index (κ2) is 27.5. The summed E-state index contributed by atoms with van der Waals surface area (Å²) >= 11 is 0. The van der Waals surface area contributed by atoms with Crippen LogP contribution in [0.5, 0.6) is 17.2 Å². The largest absolute Gasteiger partial charge is 0.504 e. The van der Waals surface area contributed by atoms with Gasteiger partial charge in [-0.1, -0.05) is 147 Å². The highest BCUT2D eigenvalue weighted by molar-refractivity contribution is 5.50. The molecule has 0 aromatic heterocycles. The fraction of sp³-hybridized carbons (Fsp3) is 0.784. The van der Waals surface area contributed by atoms with Gasteiger partial charge in [0.15, 0.2) is 11.5 Å². The fourth-order valence-corrected chi connectivity index (χ4v) is 5.61. The van der Waals surface area contributed by atoms with Crippen LogP contribution in [0.2, 0.25) is 0 Å². The van der Waals surface area contributed by atoms with Gasteiger partial charge in [0.2, 0.25) is 0 Å². The maximum atomic E-state index is 10.3. The second-order valence-electron chi connectivity index (χ2n) is 11.9. The predicted molar refractivity (Wildman–Crippen MR) is 175 cm³/mol. The lowest BCUT2D eigenvalue weighted by atomic mass is 10.0. The Morgan fingerprint density at radius 2 is 0.925 bits per heavy atom. The first-order valence-electron chi connectivity index (χ1n) is 17.3. The Hall–Kier alpha value is -1.64.